The van der Waals surface area contributed by atoms with E-state index in [1.54, 1.807) is 67.6 Å². The molecule has 0 aliphatic carbocycles. The first-order chi connectivity index (χ1) is 18.3. The molecule has 0 spiro atoms. The van der Waals surface area contributed by atoms with Crippen LogP contribution in [0.15, 0.2) is 102 Å². The number of methoxy groups -OCH3 is 2. The van der Waals surface area contributed by atoms with E-state index in [0.717, 1.165) is 9.87 Å². The Bertz CT molecular complexity index is 1490. The number of aryl methyl sites for hydroxylation is 1. The number of nitrogens with zero attached hydrogens (tertiary/aromatic N) is 1. The third-order valence-electron chi connectivity index (χ3n) is 5.65. The fourth-order valence-electron chi connectivity index (χ4n) is 3.73. The molecule has 38 heavy (non-hydrogen) atoms. The maximum Gasteiger partial charge on any atom is 0.268 e. The van der Waals surface area contributed by atoms with Gasteiger partial charge in [-0.25, -0.2) is 8.42 Å². The van der Waals surface area contributed by atoms with E-state index >= 15 is 0 Å². The number of hydrogen-bond acceptors (Lipinski definition) is 6. The standard InChI is InChI=1S/C29H28N2O6S/c1-21-9-18-27(36-3)28(19-21)38(33,34)31(23-12-16-24(35-2)17-13-23)20-29(32)30-22-10-14-26(15-11-22)37-25-7-5-4-6-8-25/h4-19H,20H2,1-3H3,(H,30,32). The predicted octanol–water partition coefficient (Wildman–Crippen LogP) is 5.64. The highest BCUT2D eigenvalue weighted by molar-refractivity contribution is 7.93. The van der Waals surface area contributed by atoms with E-state index in [2.05, 4.69) is 5.32 Å². The minimum Gasteiger partial charge on any atom is -0.497 e. The number of rotatable bonds is 10. The molecule has 0 radical (unpaired) electrons. The molecule has 0 aliphatic heterocycles. The average molecular weight is 533 g/mol. The summed E-state index contributed by atoms with van der Waals surface area (Å²) in [6.07, 6.45) is 0. The van der Waals surface area contributed by atoms with Crippen molar-refractivity contribution in [2.45, 2.75) is 11.8 Å². The van der Waals surface area contributed by atoms with Crippen LogP contribution >= 0.6 is 0 Å². The first kappa shape index (κ1) is 26.6. The van der Waals surface area contributed by atoms with Gasteiger partial charge in [-0.3, -0.25) is 9.10 Å². The van der Waals surface area contributed by atoms with E-state index < -0.39 is 22.5 Å². The van der Waals surface area contributed by atoms with Crippen molar-refractivity contribution in [2.24, 2.45) is 0 Å². The number of carbonyl (C=O) groups is 1. The van der Waals surface area contributed by atoms with Crippen LogP contribution in [0.1, 0.15) is 5.56 Å². The molecule has 0 bridgehead atoms. The largest absolute Gasteiger partial charge is 0.497 e. The topological polar surface area (TPSA) is 94.2 Å². The number of amides is 1. The molecule has 4 aromatic rings. The lowest BCUT2D eigenvalue weighted by Gasteiger charge is -2.25. The molecule has 196 valence electrons. The molecule has 0 aliphatic rings. The first-order valence-corrected chi connectivity index (χ1v) is 13.2. The Hall–Kier alpha value is -4.50. The monoisotopic (exact) mass is 532 g/mol. The lowest BCUT2D eigenvalue weighted by atomic mass is 10.2. The molecule has 0 saturated carbocycles. The van der Waals surface area contributed by atoms with Crippen LogP contribution in [-0.2, 0) is 14.8 Å². The van der Waals surface area contributed by atoms with E-state index in [0.29, 0.717) is 28.6 Å². The maximum atomic E-state index is 13.8. The van der Waals surface area contributed by atoms with E-state index in [4.69, 9.17) is 14.2 Å². The molecular formula is C29H28N2O6S. The molecule has 1 N–H and O–H groups in total. The van der Waals surface area contributed by atoms with Gasteiger partial charge in [0.25, 0.3) is 10.0 Å². The molecule has 0 unspecified atom stereocenters. The third-order valence-corrected chi connectivity index (χ3v) is 7.45. The van der Waals surface area contributed by atoms with E-state index in [1.807, 2.05) is 30.3 Å². The minimum atomic E-state index is -4.18. The van der Waals surface area contributed by atoms with Gasteiger partial charge in [-0.1, -0.05) is 24.3 Å². The Kier molecular flexibility index (Phi) is 8.18. The van der Waals surface area contributed by atoms with Crippen molar-refractivity contribution in [1.29, 1.82) is 0 Å². The summed E-state index contributed by atoms with van der Waals surface area (Å²) in [5.41, 5.74) is 1.54. The van der Waals surface area contributed by atoms with Crippen LogP contribution < -0.4 is 23.8 Å². The summed E-state index contributed by atoms with van der Waals surface area (Å²) in [5.74, 6) is 1.51. The summed E-state index contributed by atoms with van der Waals surface area (Å²) in [6, 6.07) is 27.4. The summed E-state index contributed by atoms with van der Waals surface area (Å²) in [4.78, 5) is 13.1. The number of sulfonamides is 1. The molecule has 0 atom stereocenters. The molecule has 9 heteroatoms. The van der Waals surface area contributed by atoms with Crippen LogP contribution in [0, 0.1) is 6.92 Å². The number of benzene rings is 4. The summed E-state index contributed by atoms with van der Waals surface area (Å²) < 4.78 is 45.0. The zero-order chi connectivity index (χ0) is 27.1. The number of hydrogen-bond donors (Lipinski definition) is 1. The summed E-state index contributed by atoms with van der Waals surface area (Å²) >= 11 is 0. The molecule has 4 rings (SSSR count). The highest BCUT2D eigenvalue weighted by Gasteiger charge is 2.30. The van der Waals surface area contributed by atoms with E-state index in [9.17, 15) is 13.2 Å². The highest BCUT2D eigenvalue weighted by Crippen LogP contribution is 2.32. The second-order valence-electron chi connectivity index (χ2n) is 8.35. The van der Waals surface area contributed by atoms with Crippen molar-refractivity contribution in [1.82, 2.24) is 0 Å². The van der Waals surface area contributed by atoms with Crippen LogP contribution in [0.2, 0.25) is 0 Å². The Morgan fingerprint density at radius 3 is 2.05 bits per heavy atom. The zero-order valence-corrected chi connectivity index (χ0v) is 22.1. The Morgan fingerprint density at radius 2 is 1.42 bits per heavy atom. The van der Waals surface area contributed by atoms with Gasteiger partial charge < -0.3 is 19.5 Å². The van der Waals surface area contributed by atoms with Crippen LogP contribution in [0.4, 0.5) is 11.4 Å². The summed E-state index contributed by atoms with van der Waals surface area (Å²) in [5, 5.41) is 2.76. The highest BCUT2D eigenvalue weighted by atomic mass is 32.2. The number of ether oxygens (including phenoxy) is 3. The minimum absolute atomic E-state index is 0.0361. The second-order valence-corrected chi connectivity index (χ2v) is 10.2. The molecule has 8 nitrogen and oxygen atoms in total. The number of anilines is 2. The molecule has 4 aromatic carbocycles. The predicted molar refractivity (Wildman–Crippen MR) is 147 cm³/mol. The quantitative estimate of drug-likeness (QED) is 0.284. The second kappa shape index (κ2) is 11.7. The average Bonchev–Trinajstić information content (AvgIpc) is 2.93. The molecule has 0 heterocycles. The van der Waals surface area contributed by atoms with Gasteiger partial charge >= 0.3 is 0 Å². The van der Waals surface area contributed by atoms with Crippen LogP contribution in [0.3, 0.4) is 0 Å². The van der Waals surface area contributed by atoms with Gasteiger partial charge in [0.1, 0.15) is 34.4 Å². The van der Waals surface area contributed by atoms with E-state index in [-0.39, 0.29) is 10.6 Å². The first-order valence-electron chi connectivity index (χ1n) is 11.7. The third kappa shape index (κ3) is 6.24. The van der Waals surface area contributed by atoms with Crippen LogP contribution in [0.5, 0.6) is 23.0 Å². The fourth-order valence-corrected chi connectivity index (χ4v) is 5.39. The van der Waals surface area contributed by atoms with Crippen molar-refractivity contribution in [3.63, 3.8) is 0 Å². The van der Waals surface area contributed by atoms with Crippen molar-refractivity contribution in [2.75, 3.05) is 30.4 Å². The summed E-state index contributed by atoms with van der Waals surface area (Å²) in [7, 11) is -1.26. The van der Waals surface area contributed by atoms with Gasteiger partial charge in [0, 0.05) is 5.69 Å². The SMILES string of the molecule is COc1ccc(N(CC(=O)Nc2ccc(Oc3ccccc3)cc2)S(=O)(=O)c2cc(C)ccc2OC)cc1. The van der Waals surface area contributed by atoms with Gasteiger partial charge in [-0.15, -0.1) is 0 Å². The molecule has 0 fully saturated rings. The Labute approximate surface area is 222 Å². The number of carbonyl (C=O) groups excluding carboxylic acids is 1. The molecule has 0 saturated heterocycles. The van der Waals surface area contributed by atoms with Crippen molar-refractivity contribution in [3.8, 4) is 23.0 Å². The van der Waals surface area contributed by atoms with Crippen molar-refractivity contribution < 1.29 is 27.4 Å². The van der Waals surface area contributed by atoms with Gasteiger partial charge in [0.15, 0.2) is 0 Å². The number of nitrogens with one attached hydrogen (secondary N) is 1. The Morgan fingerprint density at radius 1 is 0.789 bits per heavy atom. The van der Waals surface area contributed by atoms with Gasteiger partial charge in [0.05, 0.1) is 19.9 Å². The maximum absolute atomic E-state index is 13.8. The Balaban J connectivity index is 1.58. The summed E-state index contributed by atoms with van der Waals surface area (Å²) in [6.45, 7) is 1.32. The van der Waals surface area contributed by atoms with Crippen molar-refractivity contribution in [3.05, 3.63) is 103 Å². The van der Waals surface area contributed by atoms with E-state index in [1.165, 1.54) is 20.3 Å². The van der Waals surface area contributed by atoms with Crippen LogP contribution in [0.25, 0.3) is 0 Å². The fraction of sp³-hybridized carbons (Fsp3) is 0.138. The van der Waals surface area contributed by atoms with Gasteiger partial charge in [-0.2, -0.15) is 0 Å². The normalized spacial score (nSPS) is 10.9. The van der Waals surface area contributed by atoms with Crippen LogP contribution in [-0.4, -0.2) is 35.1 Å². The molecular weight excluding hydrogens is 504 g/mol. The molecule has 1 amide bonds. The number of para-hydroxylation sites is 1. The molecule has 0 aromatic heterocycles. The van der Waals surface area contributed by atoms with Crippen molar-refractivity contribution >= 4 is 27.3 Å². The van der Waals surface area contributed by atoms with Gasteiger partial charge in [0.2, 0.25) is 5.91 Å². The van der Waals surface area contributed by atoms with Gasteiger partial charge in [-0.05, 0) is 85.3 Å². The lowest BCUT2D eigenvalue weighted by Crippen LogP contribution is -2.38. The smallest absolute Gasteiger partial charge is 0.268 e. The zero-order valence-electron chi connectivity index (χ0n) is 21.2. The lowest BCUT2D eigenvalue weighted by molar-refractivity contribution is -0.114.